The number of benzene rings is 3. The van der Waals surface area contributed by atoms with E-state index in [1.54, 1.807) is 18.2 Å². The van der Waals surface area contributed by atoms with Crippen molar-refractivity contribution in [2.75, 3.05) is 0 Å². The van der Waals surface area contributed by atoms with E-state index in [0.29, 0.717) is 29.1 Å². The van der Waals surface area contributed by atoms with Gasteiger partial charge in [-0.1, -0.05) is 49.4 Å². The predicted octanol–water partition coefficient (Wildman–Crippen LogP) is 6.04. The van der Waals surface area contributed by atoms with Crippen LogP contribution in [-0.2, 0) is 13.0 Å². The molecule has 0 fully saturated rings. The van der Waals surface area contributed by atoms with E-state index in [2.05, 4.69) is 13.0 Å². The Morgan fingerprint density at radius 1 is 0.897 bits per heavy atom. The summed E-state index contributed by atoms with van der Waals surface area (Å²) in [6.45, 7) is 4.55. The van der Waals surface area contributed by atoms with E-state index in [9.17, 15) is 4.79 Å². The first kappa shape index (κ1) is 18.8. The van der Waals surface area contributed by atoms with Crippen molar-refractivity contribution in [3.8, 4) is 17.2 Å². The molecule has 0 saturated carbocycles. The second-order valence-corrected chi connectivity index (χ2v) is 6.87. The number of fused-ring (bicyclic) bond motifs is 1. The van der Waals surface area contributed by atoms with Gasteiger partial charge in [-0.25, -0.2) is 0 Å². The average Bonchev–Trinajstić information content (AvgIpc) is 2.75. The van der Waals surface area contributed by atoms with Gasteiger partial charge in [-0.3, -0.25) is 4.79 Å². The average molecular weight is 386 g/mol. The summed E-state index contributed by atoms with van der Waals surface area (Å²) in [7, 11) is 0. The quantitative estimate of drug-likeness (QED) is 0.406. The summed E-state index contributed by atoms with van der Waals surface area (Å²) in [6.07, 6.45) is 2.18. The molecule has 4 nitrogen and oxygen atoms in total. The Balaban J connectivity index is 1.58. The zero-order valence-corrected chi connectivity index (χ0v) is 16.5. The van der Waals surface area contributed by atoms with Crippen LogP contribution in [0, 0.1) is 6.92 Å². The molecule has 29 heavy (non-hydrogen) atoms. The minimum Gasteiger partial charge on any atom is -0.489 e. The fraction of sp³-hybridized carbons (Fsp3) is 0.160. The molecule has 0 atom stereocenters. The zero-order valence-electron chi connectivity index (χ0n) is 16.5. The second-order valence-electron chi connectivity index (χ2n) is 6.87. The largest absolute Gasteiger partial charge is 0.489 e. The molecule has 0 N–H and O–H groups in total. The van der Waals surface area contributed by atoms with Gasteiger partial charge in [0.15, 0.2) is 0 Å². The lowest BCUT2D eigenvalue weighted by molar-refractivity contribution is 0.305. The van der Waals surface area contributed by atoms with Gasteiger partial charge >= 0.3 is 0 Å². The van der Waals surface area contributed by atoms with Crippen LogP contribution in [0.25, 0.3) is 11.0 Å². The minimum absolute atomic E-state index is 0.173. The van der Waals surface area contributed by atoms with Gasteiger partial charge in [0.1, 0.15) is 30.0 Å². The van der Waals surface area contributed by atoms with Gasteiger partial charge in [0, 0.05) is 6.07 Å². The van der Waals surface area contributed by atoms with Crippen molar-refractivity contribution < 1.29 is 13.9 Å². The number of ether oxygens (including phenoxy) is 2. The fourth-order valence-electron chi connectivity index (χ4n) is 3.20. The summed E-state index contributed by atoms with van der Waals surface area (Å²) in [6, 6.07) is 21.0. The lowest BCUT2D eigenvalue weighted by Gasteiger charge is -2.11. The van der Waals surface area contributed by atoms with Crippen molar-refractivity contribution in [3.05, 3.63) is 99.9 Å². The molecule has 0 bridgehead atoms. The SMILES string of the molecule is CCc1ccccc1Oc1coc2cc(OCc3ccccc3C)ccc2c1=O. The smallest absolute Gasteiger partial charge is 0.235 e. The zero-order chi connectivity index (χ0) is 20.2. The summed E-state index contributed by atoms with van der Waals surface area (Å²) in [5.74, 6) is 1.49. The lowest BCUT2D eigenvalue weighted by Crippen LogP contribution is -2.06. The highest BCUT2D eigenvalue weighted by molar-refractivity contribution is 5.79. The molecule has 0 spiro atoms. The van der Waals surface area contributed by atoms with Gasteiger partial charge in [-0.2, -0.15) is 0 Å². The first-order valence-corrected chi connectivity index (χ1v) is 9.64. The molecule has 0 aliphatic heterocycles. The molecule has 4 heteroatoms. The van der Waals surface area contributed by atoms with Crippen molar-refractivity contribution in [1.29, 1.82) is 0 Å². The Hall–Kier alpha value is -3.53. The summed E-state index contributed by atoms with van der Waals surface area (Å²) < 4.78 is 17.4. The third-order valence-corrected chi connectivity index (χ3v) is 4.94. The van der Waals surface area contributed by atoms with Crippen LogP contribution in [0.4, 0.5) is 0 Å². The number of hydrogen-bond donors (Lipinski definition) is 0. The van der Waals surface area contributed by atoms with Crippen LogP contribution in [0.15, 0.2) is 82.2 Å². The summed E-state index contributed by atoms with van der Waals surface area (Å²) in [5.41, 5.74) is 3.59. The fourth-order valence-corrected chi connectivity index (χ4v) is 3.20. The normalized spacial score (nSPS) is 10.8. The van der Waals surface area contributed by atoms with Crippen LogP contribution < -0.4 is 14.9 Å². The van der Waals surface area contributed by atoms with Crippen LogP contribution in [0.5, 0.6) is 17.2 Å². The standard InChI is InChI=1S/C25H22O4/c1-3-18-9-6-7-11-22(18)29-24-16-28-23-14-20(12-13-21(23)25(24)26)27-15-19-10-5-4-8-17(19)2/h4-14,16H,3,15H2,1-2H3. The van der Waals surface area contributed by atoms with Gasteiger partial charge in [-0.15, -0.1) is 0 Å². The van der Waals surface area contributed by atoms with Gasteiger partial charge < -0.3 is 13.9 Å². The molecule has 1 aromatic heterocycles. The predicted molar refractivity (Wildman–Crippen MR) is 114 cm³/mol. The second kappa shape index (κ2) is 8.23. The lowest BCUT2D eigenvalue weighted by atomic mass is 10.1. The highest BCUT2D eigenvalue weighted by Gasteiger charge is 2.12. The molecule has 4 rings (SSSR count). The maximum Gasteiger partial charge on any atom is 0.235 e. The highest BCUT2D eigenvalue weighted by Crippen LogP contribution is 2.27. The van der Waals surface area contributed by atoms with Crippen molar-refractivity contribution in [2.24, 2.45) is 0 Å². The number of rotatable bonds is 6. The summed E-state index contributed by atoms with van der Waals surface area (Å²) >= 11 is 0. The minimum atomic E-state index is -0.206. The van der Waals surface area contributed by atoms with Gasteiger partial charge in [0.2, 0.25) is 11.2 Å². The Morgan fingerprint density at radius 2 is 1.66 bits per heavy atom. The molecular formula is C25H22O4. The molecule has 146 valence electrons. The van der Waals surface area contributed by atoms with Crippen molar-refractivity contribution >= 4 is 11.0 Å². The van der Waals surface area contributed by atoms with E-state index in [4.69, 9.17) is 13.9 Å². The molecule has 3 aromatic carbocycles. The van der Waals surface area contributed by atoms with Crippen LogP contribution in [-0.4, -0.2) is 0 Å². The number of hydrogen-bond acceptors (Lipinski definition) is 4. The molecule has 0 radical (unpaired) electrons. The molecule has 1 heterocycles. The summed E-state index contributed by atoms with van der Waals surface area (Å²) in [5, 5.41) is 0.458. The topological polar surface area (TPSA) is 48.7 Å². The van der Waals surface area contributed by atoms with Crippen LogP contribution in [0.2, 0.25) is 0 Å². The van der Waals surface area contributed by atoms with Crippen molar-refractivity contribution in [1.82, 2.24) is 0 Å². The maximum atomic E-state index is 12.8. The Labute approximate surface area is 169 Å². The maximum absolute atomic E-state index is 12.8. The van der Waals surface area contributed by atoms with E-state index < -0.39 is 0 Å². The van der Waals surface area contributed by atoms with E-state index in [1.165, 1.54) is 11.8 Å². The monoisotopic (exact) mass is 386 g/mol. The molecule has 0 saturated heterocycles. The first-order chi connectivity index (χ1) is 14.2. The van der Waals surface area contributed by atoms with E-state index in [-0.39, 0.29) is 11.2 Å². The van der Waals surface area contributed by atoms with Gasteiger partial charge in [0.25, 0.3) is 0 Å². The molecule has 0 aliphatic rings. The third kappa shape index (κ3) is 4.02. The van der Waals surface area contributed by atoms with Gasteiger partial charge in [-0.05, 0) is 48.2 Å². The van der Waals surface area contributed by atoms with E-state index >= 15 is 0 Å². The highest BCUT2D eigenvalue weighted by atomic mass is 16.5. The number of aryl methyl sites for hydroxylation is 2. The van der Waals surface area contributed by atoms with Gasteiger partial charge in [0.05, 0.1) is 5.39 Å². The molecular weight excluding hydrogens is 364 g/mol. The molecule has 0 unspecified atom stereocenters. The van der Waals surface area contributed by atoms with Crippen molar-refractivity contribution in [3.63, 3.8) is 0 Å². The number of para-hydroxylation sites is 1. The molecule has 0 aliphatic carbocycles. The van der Waals surface area contributed by atoms with Crippen LogP contribution in [0.1, 0.15) is 23.6 Å². The Bertz CT molecular complexity index is 1210. The first-order valence-electron chi connectivity index (χ1n) is 9.64. The molecule has 4 aromatic rings. The van der Waals surface area contributed by atoms with E-state index in [1.807, 2.05) is 49.4 Å². The Kier molecular flexibility index (Phi) is 5.34. The van der Waals surface area contributed by atoms with E-state index in [0.717, 1.165) is 17.5 Å². The third-order valence-electron chi connectivity index (χ3n) is 4.94. The Morgan fingerprint density at radius 3 is 2.45 bits per heavy atom. The van der Waals surface area contributed by atoms with Crippen LogP contribution >= 0.6 is 0 Å². The molecule has 0 amide bonds. The summed E-state index contributed by atoms with van der Waals surface area (Å²) in [4.78, 5) is 12.8. The van der Waals surface area contributed by atoms with Crippen molar-refractivity contribution in [2.45, 2.75) is 26.9 Å². The van der Waals surface area contributed by atoms with Crippen LogP contribution in [0.3, 0.4) is 0 Å².